The lowest BCUT2D eigenvalue weighted by Crippen LogP contribution is -2.43. The van der Waals surface area contributed by atoms with Crippen LogP contribution in [-0.4, -0.2) is 48.9 Å². The zero-order valence-corrected chi connectivity index (χ0v) is 15.1. The molecule has 0 bridgehead atoms. The number of fused-ring (bicyclic) bond motifs is 1. The van der Waals surface area contributed by atoms with Crippen LogP contribution in [0.25, 0.3) is 16.3 Å². The maximum atomic E-state index is 12.7. The quantitative estimate of drug-likeness (QED) is 0.834. The normalized spacial score (nSPS) is 19.6. The van der Waals surface area contributed by atoms with E-state index in [2.05, 4.69) is 11.9 Å². The lowest BCUT2D eigenvalue weighted by molar-refractivity contribution is -0.136. The molecule has 4 rings (SSSR count). The summed E-state index contributed by atoms with van der Waals surface area (Å²) in [5, 5.41) is 1.50. The summed E-state index contributed by atoms with van der Waals surface area (Å²) in [4.78, 5) is 29.1. The van der Waals surface area contributed by atoms with Crippen molar-refractivity contribution in [2.45, 2.75) is 19.3 Å². The first-order valence-corrected chi connectivity index (χ1v) is 9.31. The molecule has 2 aliphatic rings. The van der Waals surface area contributed by atoms with E-state index in [9.17, 15) is 9.59 Å². The van der Waals surface area contributed by atoms with Gasteiger partial charge < -0.3 is 14.2 Å². The van der Waals surface area contributed by atoms with Gasteiger partial charge in [-0.3, -0.25) is 4.79 Å². The van der Waals surface area contributed by atoms with Crippen molar-refractivity contribution in [3.05, 3.63) is 52.6 Å². The third-order valence-corrected chi connectivity index (χ3v) is 5.58. The lowest BCUT2D eigenvalue weighted by atomic mass is 9.94. The van der Waals surface area contributed by atoms with Gasteiger partial charge in [0.15, 0.2) is 0 Å². The second kappa shape index (κ2) is 7.08. The number of carbonyl (C=O) groups is 1. The predicted octanol–water partition coefficient (Wildman–Crippen LogP) is 2.75. The average Bonchev–Trinajstić information content (AvgIpc) is 2.68. The van der Waals surface area contributed by atoms with E-state index in [0.717, 1.165) is 43.3 Å². The topological polar surface area (TPSA) is 53.8 Å². The Balaban J connectivity index is 1.49. The first kappa shape index (κ1) is 17.0. The van der Waals surface area contributed by atoms with Crippen LogP contribution in [0.2, 0.25) is 0 Å². The van der Waals surface area contributed by atoms with Gasteiger partial charge in [-0.1, -0.05) is 24.3 Å². The number of piperidine rings is 1. The summed E-state index contributed by atoms with van der Waals surface area (Å²) in [5.74, 6) is 1.05. The molecule has 2 aromatic rings. The van der Waals surface area contributed by atoms with E-state index in [1.807, 2.05) is 35.2 Å². The van der Waals surface area contributed by atoms with Crippen LogP contribution in [0.3, 0.4) is 0 Å². The fourth-order valence-corrected chi connectivity index (χ4v) is 3.90. The molecule has 2 aliphatic heterocycles. The van der Waals surface area contributed by atoms with E-state index >= 15 is 0 Å². The molecule has 1 aromatic carbocycles. The largest absolute Gasteiger partial charge is 0.423 e. The molecule has 136 valence electrons. The van der Waals surface area contributed by atoms with Gasteiger partial charge in [-0.15, -0.1) is 0 Å². The average molecular weight is 352 g/mol. The second-order valence-electron chi connectivity index (χ2n) is 7.33. The highest BCUT2D eigenvalue weighted by atomic mass is 16.4. The molecule has 5 heteroatoms. The minimum atomic E-state index is -0.302. The highest BCUT2D eigenvalue weighted by Crippen LogP contribution is 2.26. The maximum Gasteiger partial charge on any atom is 0.344 e. The standard InChI is InChI=1S/C21H24N2O3/c1-22-10-6-16(7-11-22)20(24)23-12-8-15(9-13-23)19-14-17-4-2-3-5-18(17)21(25)26-19/h2-5,8,14,16H,6-7,9-13H2,1H3. The summed E-state index contributed by atoms with van der Waals surface area (Å²) in [6.07, 6.45) is 4.65. The summed E-state index contributed by atoms with van der Waals surface area (Å²) in [5.41, 5.74) is 0.712. The highest BCUT2D eigenvalue weighted by Gasteiger charge is 2.28. The van der Waals surface area contributed by atoms with Gasteiger partial charge in [-0.2, -0.15) is 0 Å². The smallest absolute Gasteiger partial charge is 0.344 e. The molecule has 1 amide bonds. The van der Waals surface area contributed by atoms with Gasteiger partial charge in [0.05, 0.1) is 5.39 Å². The molecule has 1 fully saturated rings. The van der Waals surface area contributed by atoms with Crippen LogP contribution in [0.5, 0.6) is 0 Å². The van der Waals surface area contributed by atoms with Gasteiger partial charge in [0.2, 0.25) is 5.91 Å². The van der Waals surface area contributed by atoms with E-state index < -0.39 is 0 Å². The molecule has 1 aromatic heterocycles. The zero-order valence-electron chi connectivity index (χ0n) is 15.1. The van der Waals surface area contributed by atoms with Crippen molar-refractivity contribution in [3.63, 3.8) is 0 Å². The Labute approximate surface area is 152 Å². The van der Waals surface area contributed by atoms with Crippen molar-refractivity contribution in [3.8, 4) is 0 Å². The number of carbonyl (C=O) groups excluding carboxylic acids is 1. The van der Waals surface area contributed by atoms with Crippen molar-refractivity contribution in [1.29, 1.82) is 0 Å². The third kappa shape index (κ3) is 3.31. The number of rotatable bonds is 2. The molecule has 26 heavy (non-hydrogen) atoms. The molecular formula is C21H24N2O3. The first-order chi connectivity index (χ1) is 12.6. The van der Waals surface area contributed by atoms with E-state index in [1.54, 1.807) is 6.07 Å². The predicted molar refractivity (Wildman–Crippen MR) is 102 cm³/mol. The molecule has 5 nitrogen and oxygen atoms in total. The summed E-state index contributed by atoms with van der Waals surface area (Å²) in [6.45, 7) is 3.27. The second-order valence-corrected chi connectivity index (χ2v) is 7.33. The minimum absolute atomic E-state index is 0.153. The summed E-state index contributed by atoms with van der Waals surface area (Å²) >= 11 is 0. The van der Waals surface area contributed by atoms with Crippen LogP contribution in [0.15, 0.2) is 45.6 Å². The molecule has 0 aliphatic carbocycles. The van der Waals surface area contributed by atoms with Gasteiger partial charge in [-0.05, 0) is 62.5 Å². The Morgan fingerprint density at radius 1 is 1.15 bits per heavy atom. The summed E-state index contributed by atoms with van der Waals surface area (Å²) in [6, 6.07) is 9.39. The number of likely N-dealkylation sites (tertiary alicyclic amines) is 1. The molecule has 0 radical (unpaired) electrons. The van der Waals surface area contributed by atoms with Crippen LogP contribution < -0.4 is 5.63 Å². The SMILES string of the molecule is CN1CCC(C(=O)N2CC=C(c3cc4ccccc4c(=O)o3)CC2)CC1. The van der Waals surface area contributed by atoms with Crippen LogP contribution in [0.1, 0.15) is 25.0 Å². The van der Waals surface area contributed by atoms with Crippen molar-refractivity contribution in [2.75, 3.05) is 33.2 Å². The fraction of sp³-hybridized carbons (Fsp3) is 0.429. The number of nitrogens with zero attached hydrogens (tertiary/aromatic N) is 2. The number of hydrogen-bond donors (Lipinski definition) is 0. The molecule has 0 atom stereocenters. The molecule has 0 spiro atoms. The Hall–Kier alpha value is -2.40. The monoisotopic (exact) mass is 352 g/mol. The van der Waals surface area contributed by atoms with Gasteiger partial charge >= 0.3 is 5.63 Å². The number of benzene rings is 1. The Morgan fingerprint density at radius 3 is 2.65 bits per heavy atom. The molecule has 0 saturated carbocycles. The van der Waals surface area contributed by atoms with Crippen molar-refractivity contribution >= 4 is 22.3 Å². The van der Waals surface area contributed by atoms with Crippen LogP contribution in [0, 0.1) is 5.92 Å². The first-order valence-electron chi connectivity index (χ1n) is 9.31. The van der Waals surface area contributed by atoms with Crippen LogP contribution in [0.4, 0.5) is 0 Å². The van der Waals surface area contributed by atoms with Crippen molar-refractivity contribution in [2.24, 2.45) is 5.92 Å². The fourth-order valence-electron chi connectivity index (χ4n) is 3.90. The van der Waals surface area contributed by atoms with E-state index in [0.29, 0.717) is 24.2 Å². The highest BCUT2D eigenvalue weighted by molar-refractivity contribution is 5.84. The molecule has 0 N–H and O–H groups in total. The zero-order chi connectivity index (χ0) is 18.1. The Bertz CT molecular complexity index is 907. The van der Waals surface area contributed by atoms with Gasteiger partial charge in [0.25, 0.3) is 0 Å². The molecular weight excluding hydrogens is 328 g/mol. The summed E-state index contributed by atoms with van der Waals surface area (Å²) < 4.78 is 5.52. The molecule has 3 heterocycles. The third-order valence-electron chi connectivity index (χ3n) is 5.58. The summed E-state index contributed by atoms with van der Waals surface area (Å²) in [7, 11) is 2.11. The number of amides is 1. The molecule has 0 unspecified atom stereocenters. The lowest BCUT2D eigenvalue weighted by Gasteiger charge is -2.33. The minimum Gasteiger partial charge on any atom is -0.423 e. The van der Waals surface area contributed by atoms with Gasteiger partial charge in [-0.25, -0.2) is 4.79 Å². The van der Waals surface area contributed by atoms with Crippen LogP contribution in [-0.2, 0) is 4.79 Å². The van der Waals surface area contributed by atoms with E-state index in [1.165, 1.54) is 0 Å². The number of hydrogen-bond acceptors (Lipinski definition) is 4. The maximum absolute atomic E-state index is 12.7. The van der Waals surface area contributed by atoms with E-state index in [4.69, 9.17) is 4.42 Å². The van der Waals surface area contributed by atoms with E-state index in [-0.39, 0.29) is 17.5 Å². The Kier molecular flexibility index (Phi) is 4.64. The van der Waals surface area contributed by atoms with Crippen molar-refractivity contribution < 1.29 is 9.21 Å². The van der Waals surface area contributed by atoms with Crippen molar-refractivity contribution in [1.82, 2.24) is 9.80 Å². The van der Waals surface area contributed by atoms with Gasteiger partial charge in [0.1, 0.15) is 5.76 Å². The molecule has 1 saturated heterocycles. The van der Waals surface area contributed by atoms with Gasteiger partial charge in [0, 0.05) is 19.0 Å². The Morgan fingerprint density at radius 2 is 1.92 bits per heavy atom. The van der Waals surface area contributed by atoms with Crippen LogP contribution >= 0.6 is 0 Å².